The predicted octanol–water partition coefficient (Wildman–Crippen LogP) is 5.35. The van der Waals surface area contributed by atoms with Gasteiger partial charge in [0.15, 0.2) is 6.79 Å². The molecule has 0 fully saturated rings. The van der Waals surface area contributed by atoms with E-state index in [0.29, 0.717) is 5.75 Å². The first-order valence-corrected chi connectivity index (χ1v) is 8.14. The summed E-state index contributed by atoms with van der Waals surface area (Å²) in [6.45, 7) is 0.150. The molecule has 25 heavy (non-hydrogen) atoms. The number of phenolic OH excluding ortho intramolecular Hbond substituents is 1. The molecule has 0 aliphatic heterocycles. The van der Waals surface area contributed by atoms with Crippen LogP contribution in [0.25, 0.3) is 32.7 Å². The lowest BCUT2D eigenvalue weighted by molar-refractivity contribution is 0.0516. The van der Waals surface area contributed by atoms with E-state index in [1.165, 1.54) is 0 Å². The molecule has 4 rings (SSSR count). The maximum Gasteiger partial charge on any atom is 0.188 e. The molecule has 4 aromatic rings. The first kappa shape index (κ1) is 15.5. The van der Waals surface area contributed by atoms with E-state index in [-0.39, 0.29) is 12.5 Å². The smallest absolute Gasteiger partial charge is 0.188 e. The lowest BCUT2D eigenvalue weighted by Crippen LogP contribution is -2.01. The zero-order valence-electron chi connectivity index (χ0n) is 13.9. The van der Waals surface area contributed by atoms with E-state index in [0.717, 1.165) is 32.7 Å². The quantitative estimate of drug-likeness (QED) is 0.513. The third kappa shape index (κ3) is 2.69. The molecule has 0 aliphatic carbocycles. The van der Waals surface area contributed by atoms with Crippen molar-refractivity contribution in [1.82, 2.24) is 0 Å². The topological polar surface area (TPSA) is 38.7 Å². The first-order valence-electron chi connectivity index (χ1n) is 8.14. The van der Waals surface area contributed by atoms with Crippen molar-refractivity contribution in [3.8, 4) is 22.6 Å². The van der Waals surface area contributed by atoms with Crippen LogP contribution < -0.4 is 4.74 Å². The van der Waals surface area contributed by atoms with Crippen molar-refractivity contribution in [2.75, 3.05) is 13.9 Å². The van der Waals surface area contributed by atoms with Crippen LogP contribution in [0.5, 0.6) is 11.5 Å². The van der Waals surface area contributed by atoms with Crippen LogP contribution in [0.1, 0.15) is 0 Å². The summed E-state index contributed by atoms with van der Waals surface area (Å²) in [6.07, 6.45) is 0. The van der Waals surface area contributed by atoms with E-state index in [4.69, 9.17) is 9.47 Å². The monoisotopic (exact) mass is 330 g/mol. The number of hydrogen-bond acceptors (Lipinski definition) is 3. The number of aromatic hydroxyl groups is 1. The minimum atomic E-state index is 0.150. The van der Waals surface area contributed by atoms with E-state index in [1.807, 2.05) is 60.7 Å². The lowest BCUT2D eigenvalue weighted by atomic mass is 9.92. The van der Waals surface area contributed by atoms with Gasteiger partial charge in [-0.1, -0.05) is 60.7 Å². The van der Waals surface area contributed by atoms with Crippen LogP contribution in [0.4, 0.5) is 0 Å². The molecule has 1 N–H and O–H groups in total. The van der Waals surface area contributed by atoms with Crippen LogP contribution in [0.15, 0.2) is 72.8 Å². The second kappa shape index (κ2) is 6.46. The molecule has 3 nitrogen and oxygen atoms in total. The van der Waals surface area contributed by atoms with Gasteiger partial charge in [0.25, 0.3) is 0 Å². The van der Waals surface area contributed by atoms with Crippen molar-refractivity contribution in [1.29, 1.82) is 0 Å². The van der Waals surface area contributed by atoms with Gasteiger partial charge in [-0.05, 0) is 33.7 Å². The Morgan fingerprint density at radius 2 is 1.32 bits per heavy atom. The number of rotatable bonds is 4. The van der Waals surface area contributed by atoms with Gasteiger partial charge in [0.1, 0.15) is 11.5 Å². The standard InChI is InChI=1S/C22H18O3/c1-24-14-25-20-13-11-16-7-3-5-9-18(16)22(20)21-17-8-4-2-6-15(17)10-12-19(21)23/h2-13,23H,14H2,1H3. The number of methoxy groups -OCH3 is 1. The van der Waals surface area contributed by atoms with Gasteiger partial charge in [0.2, 0.25) is 0 Å². The summed E-state index contributed by atoms with van der Waals surface area (Å²) in [6, 6.07) is 23.7. The van der Waals surface area contributed by atoms with Crippen LogP contribution in [0, 0.1) is 0 Å². The summed E-state index contributed by atoms with van der Waals surface area (Å²) in [7, 11) is 1.59. The maximum absolute atomic E-state index is 10.7. The van der Waals surface area contributed by atoms with Crippen molar-refractivity contribution in [3.05, 3.63) is 72.8 Å². The van der Waals surface area contributed by atoms with Gasteiger partial charge < -0.3 is 14.6 Å². The molecule has 3 heteroatoms. The van der Waals surface area contributed by atoms with Crippen molar-refractivity contribution in [3.63, 3.8) is 0 Å². The summed E-state index contributed by atoms with van der Waals surface area (Å²) >= 11 is 0. The molecule has 0 aromatic heterocycles. The predicted molar refractivity (Wildman–Crippen MR) is 101 cm³/mol. The second-order valence-corrected chi connectivity index (χ2v) is 5.89. The molecule has 0 heterocycles. The summed E-state index contributed by atoms with van der Waals surface area (Å²) in [5, 5.41) is 14.9. The average molecular weight is 330 g/mol. The molecule has 0 saturated carbocycles. The molecule has 0 atom stereocenters. The highest BCUT2D eigenvalue weighted by Crippen LogP contribution is 2.44. The third-order valence-corrected chi connectivity index (χ3v) is 4.38. The highest BCUT2D eigenvalue weighted by Gasteiger charge is 2.17. The Kier molecular flexibility index (Phi) is 4.00. The number of phenols is 1. The summed E-state index contributed by atoms with van der Waals surface area (Å²) in [5.74, 6) is 0.921. The van der Waals surface area contributed by atoms with Gasteiger partial charge in [0.05, 0.1) is 0 Å². The molecule has 0 saturated heterocycles. The minimum Gasteiger partial charge on any atom is -0.507 e. The molecule has 0 amide bonds. The normalized spacial score (nSPS) is 11.1. The Morgan fingerprint density at radius 3 is 2.00 bits per heavy atom. The van der Waals surface area contributed by atoms with Gasteiger partial charge in [0, 0.05) is 18.2 Å². The van der Waals surface area contributed by atoms with Gasteiger partial charge in [-0.15, -0.1) is 0 Å². The molecular formula is C22H18O3. The minimum absolute atomic E-state index is 0.150. The van der Waals surface area contributed by atoms with Gasteiger partial charge in [-0.25, -0.2) is 0 Å². The Balaban J connectivity index is 2.11. The van der Waals surface area contributed by atoms with Crippen LogP contribution in [0.2, 0.25) is 0 Å². The molecule has 124 valence electrons. The van der Waals surface area contributed by atoms with E-state index < -0.39 is 0 Å². The maximum atomic E-state index is 10.7. The Bertz CT molecular complexity index is 1050. The average Bonchev–Trinajstić information content (AvgIpc) is 2.66. The molecule has 0 radical (unpaired) electrons. The Morgan fingerprint density at radius 1 is 0.720 bits per heavy atom. The highest BCUT2D eigenvalue weighted by atomic mass is 16.7. The van der Waals surface area contributed by atoms with Crippen molar-refractivity contribution in [2.45, 2.75) is 0 Å². The Hall–Kier alpha value is -3.04. The Labute approximate surface area is 146 Å². The molecule has 4 aromatic carbocycles. The van der Waals surface area contributed by atoms with Crippen molar-refractivity contribution in [2.24, 2.45) is 0 Å². The molecule has 0 bridgehead atoms. The first-order chi connectivity index (χ1) is 12.3. The van der Waals surface area contributed by atoms with Gasteiger partial charge in [-0.2, -0.15) is 0 Å². The van der Waals surface area contributed by atoms with E-state index in [2.05, 4.69) is 6.07 Å². The zero-order valence-corrected chi connectivity index (χ0v) is 13.9. The van der Waals surface area contributed by atoms with E-state index in [9.17, 15) is 5.11 Å². The second-order valence-electron chi connectivity index (χ2n) is 5.89. The fourth-order valence-corrected chi connectivity index (χ4v) is 3.27. The summed E-state index contributed by atoms with van der Waals surface area (Å²) < 4.78 is 10.9. The number of ether oxygens (including phenoxy) is 2. The summed E-state index contributed by atoms with van der Waals surface area (Å²) in [4.78, 5) is 0. The third-order valence-electron chi connectivity index (χ3n) is 4.38. The lowest BCUT2D eigenvalue weighted by Gasteiger charge is -2.17. The molecule has 0 unspecified atom stereocenters. The van der Waals surface area contributed by atoms with Crippen molar-refractivity contribution >= 4 is 21.5 Å². The fraction of sp³-hybridized carbons (Fsp3) is 0.0909. The van der Waals surface area contributed by atoms with E-state index >= 15 is 0 Å². The summed E-state index contributed by atoms with van der Waals surface area (Å²) in [5.41, 5.74) is 1.66. The van der Waals surface area contributed by atoms with Crippen LogP contribution in [-0.2, 0) is 4.74 Å². The van der Waals surface area contributed by atoms with Crippen molar-refractivity contribution < 1.29 is 14.6 Å². The molecular weight excluding hydrogens is 312 g/mol. The van der Waals surface area contributed by atoms with Crippen LogP contribution >= 0.6 is 0 Å². The van der Waals surface area contributed by atoms with Gasteiger partial charge in [-0.3, -0.25) is 0 Å². The van der Waals surface area contributed by atoms with Crippen LogP contribution in [-0.4, -0.2) is 19.0 Å². The largest absolute Gasteiger partial charge is 0.507 e. The number of fused-ring (bicyclic) bond motifs is 2. The van der Waals surface area contributed by atoms with Gasteiger partial charge >= 0.3 is 0 Å². The SMILES string of the molecule is COCOc1ccc2ccccc2c1-c1c(O)ccc2ccccc12. The number of hydrogen-bond donors (Lipinski definition) is 1. The van der Waals surface area contributed by atoms with Crippen LogP contribution in [0.3, 0.4) is 0 Å². The molecule has 0 spiro atoms. The highest BCUT2D eigenvalue weighted by molar-refractivity contribution is 6.09. The number of benzene rings is 4. The zero-order chi connectivity index (χ0) is 17.2. The van der Waals surface area contributed by atoms with E-state index in [1.54, 1.807) is 13.2 Å². The fourth-order valence-electron chi connectivity index (χ4n) is 3.27. The molecule has 0 aliphatic rings.